The number of halogens is 1. The number of hydrogen-bond acceptors (Lipinski definition) is 4. The van der Waals surface area contributed by atoms with Gasteiger partial charge in [-0.2, -0.15) is 5.10 Å². The molecule has 0 radical (unpaired) electrons. The molecule has 3 N–H and O–H groups in total. The predicted molar refractivity (Wildman–Crippen MR) is 120 cm³/mol. The second kappa shape index (κ2) is 7.14. The smallest absolute Gasteiger partial charge is 0.155 e. The van der Waals surface area contributed by atoms with E-state index in [1.807, 2.05) is 24.4 Å². The highest BCUT2D eigenvalue weighted by Gasteiger charge is 2.17. The number of pyridine rings is 2. The minimum atomic E-state index is -0.292. The van der Waals surface area contributed by atoms with E-state index in [9.17, 15) is 4.39 Å². The summed E-state index contributed by atoms with van der Waals surface area (Å²) >= 11 is 0. The van der Waals surface area contributed by atoms with Crippen LogP contribution >= 0.6 is 0 Å². The van der Waals surface area contributed by atoms with E-state index in [0.717, 1.165) is 58.4 Å². The minimum Gasteiger partial charge on any atom is -0.353 e. The first kappa shape index (κ1) is 18.0. The van der Waals surface area contributed by atoms with Crippen LogP contribution in [0.4, 0.5) is 4.39 Å². The van der Waals surface area contributed by atoms with Crippen molar-refractivity contribution < 1.29 is 4.39 Å². The number of fused-ring (bicyclic) bond motifs is 2. The molecule has 1 aliphatic heterocycles. The average Bonchev–Trinajstić information content (AvgIpc) is 3.43. The summed E-state index contributed by atoms with van der Waals surface area (Å²) in [5.74, 6) is -0.292. The number of nitrogens with one attached hydrogen (secondary N) is 3. The van der Waals surface area contributed by atoms with Crippen molar-refractivity contribution in [3.63, 3.8) is 0 Å². The van der Waals surface area contributed by atoms with Crippen molar-refractivity contribution in [1.29, 1.82) is 0 Å². The minimum absolute atomic E-state index is 0.292. The Morgan fingerprint density at radius 3 is 2.77 bits per heavy atom. The van der Waals surface area contributed by atoms with Crippen molar-refractivity contribution in [2.24, 2.45) is 0 Å². The fourth-order valence-electron chi connectivity index (χ4n) is 4.22. The summed E-state index contributed by atoms with van der Waals surface area (Å²) in [7, 11) is 0. The van der Waals surface area contributed by atoms with E-state index in [1.165, 1.54) is 11.6 Å². The maximum Gasteiger partial charge on any atom is 0.155 e. The van der Waals surface area contributed by atoms with Gasteiger partial charge < -0.3 is 10.3 Å². The van der Waals surface area contributed by atoms with Gasteiger partial charge in [0.25, 0.3) is 0 Å². The summed E-state index contributed by atoms with van der Waals surface area (Å²) in [6, 6.07) is 12.7. The molecule has 5 aromatic rings. The molecule has 4 aromatic heterocycles. The Hall–Kier alpha value is -3.84. The number of H-pyrrole nitrogens is 2. The summed E-state index contributed by atoms with van der Waals surface area (Å²) < 4.78 is 14.4. The molecule has 152 valence electrons. The average molecular weight is 410 g/mol. The zero-order valence-corrected chi connectivity index (χ0v) is 16.6. The van der Waals surface area contributed by atoms with E-state index in [-0.39, 0.29) is 5.82 Å². The van der Waals surface area contributed by atoms with E-state index in [0.29, 0.717) is 11.3 Å². The lowest BCUT2D eigenvalue weighted by Crippen LogP contribution is -2.20. The van der Waals surface area contributed by atoms with Gasteiger partial charge in [-0.3, -0.25) is 10.1 Å². The van der Waals surface area contributed by atoms with Crippen LogP contribution in [0.2, 0.25) is 0 Å². The molecule has 1 aliphatic rings. The third kappa shape index (κ3) is 3.02. The van der Waals surface area contributed by atoms with Gasteiger partial charge in [-0.1, -0.05) is 18.2 Å². The zero-order valence-electron chi connectivity index (χ0n) is 16.6. The second-order valence-electron chi connectivity index (χ2n) is 7.66. The van der Waals surface area contributed by atoms with Gasteiger partial charge >= 0.3 is 0 Å². The maximum absolute atomic E-state index is 14.4. The van der Waals surface area contributed by atoms with Gasteiger partial charge in [0.05, 0.1) is 11.4 Å². The van der Waals surface area contributed by atoms with Gasteiger partial charge in [-0.05, 0) is 54.4 Å². The molecule has 5 heterocycles. The third-order valence-corrected chi connectivity index (χ3v) is 5.78. The van der Waals surface area contributed by atoms with Crippen LogP contribution in [0.5, 0.6) is 0 Å². The first-order valence-corrected chi connectivity index (χ1v) is 10.3. The topological polar surface area (TPSA) is 82.3 Å². The molecule has 0 unspecified atom stereocenters. The molecule has 0 fully saturated rings. The molecule has 0 spiro atoms. The molecule has 0 saturated carbocycles. The number of hydrogen-bond donors (Lipinski definition) is 3. The van der Waals surface area contributed by atoms with Crippen LogP contribution in [0.3, 0.4) is 0 Å². The van der Waals surface area contributed by atoms with Gasteiger partial charge in [0.1, 0.15) is 11.5 Å². The highest BCUT2D eigenvalue weighted by molar-refractivity contribution is 5.99. The number of aromatic nitrogens is 5. The van der Waals surface area contributed by atoms with Gasteiger partial charge in [0.2, 0.25) is 0 Å². The Morgan fingerprint density at radius 2 is 1.90 bits per heavy atom. The molecule has 31 heavy (non-hydrogen) atoms. The number of aromatic amines is 2. The van der Waals surface area contributed by atoms with E-state index < -0.39 is 0 Å². The van der Waals surface area contributed by atoms with Crippen molar-refractivity contribution >= 4 is 27.5 Å². The lowest BCUT2D eigenvalue weighted by Gasteiger charge is -2.13. The van der Waals surface area contributed by atoms with E-state index in [4.69, 9.17) is 0 Å². The molecule has 0 saturated heterocycles. The highest BCUT2D eigenvalue weighted by Crippen LogP contribution is 2.34. The van der Waals surface area contributed by atoms with Crippen LogP contribution in [0.25, 0.3) is 50.2 Å². The van der Waals surface area contributed by atoms with Crippen LogP contribution in [0.1, 0.15) is 12.0 Å². The standard InChI is InChI=1S/C24H19FN6/c25-19-4-2-1-3-16(19)22-17-12-21(29-20(17)7-10-27-22)23-18-11-15(13-28-24(18)31-30-23)14-5-8-26-9-6-14/h1-5,7,10-13,26,29H,6,8-9H2,(H,28,30,31). The Morgan fingerprint density at radius 1 is 0.968 bits per heavy atom. The molecular formula is C24H19FN6. The summed E-state index contributed by atoms with van der Waals surface area (Å²) in [6.07, 6.45) is 6.77. The van der Waals surface area contributed by atoms with Gasteiger partial charge in [-0.15, -0.1) is 0 Å². The fourth-order valence-corrected chi connectivity index (χ4v) is 4.22. The number of rotatable bonds is 3. The Balaban J connectivity index is 1.50. The monoisotopic (exact) mass is 410 g/mol. The van der Waals surface area contributed by atoms with E-state index >= 15 is 0 Å². The lowest BCUT2D eigenvalue weighted by atomic mass is 10.0. The summed E-state index contributed by atoms with van der Waals surface area (Å²) in [6.45, 7) is 1.84. The van der Waals surface area contributed by atoms with Crippen LogP contribution in [-0.2, 0) is 0 Å². The van der Waals surface area contributed by atoms with Gasteiger partial charge in [0, 0.05) is 40.8 Å². The lowest BCUT2D eigenvalue weighted by molar-refractivity contribution is 0.631. The normalized spacial score (nSPS) is 14.3. The molecule has 0 bridgehead atoms. The van der Waals surface area contributed by atoms with Crippen molar-refractivity contribution in [1.82, 2.24) is 30.5 Å². The molecule has 0 amide bonds. The Labute approximate surface area is 177 Å². The van der Waals surface area contributed by atoms with E-state index in [2.05, 4.69) is 42.6 Å². The highest BCUT2D eigenvalue weighted by atomic mass is 19.1. The van der Waals surface area contributed by atoms with Gasteiger partial charge in [-0.25, -0.2) is 9.37 Å². The summed E-state index contributed by atoms with van der Waals surface area (Å²) in [4.78, 5) is 12.5. The predicted octanol–water partition coefficient (Wildman–Crippen LogP) is 4.68. The summed E-state index contributed by atoms with van der Waals surface area (Å²) in [5.41, 5.74) is 6.73. The largest absolute Gasteiger partial charge is 0.353 e. The summed E-state index contributed by atoms with van der Waals surface area (Å²) in [5, 5.41) is 12.7. The molecule has 6 rings (SSSR count). The molecule has 6 nitrogen and oxygen atoms in total. The molecule has 7 heteroatoms. The number of benzene rings is 1. The maximum atomic E-state index is 14.4. The Kier molecular flexibility index (Phi) is 4.14. The molecule has 0 atom stereocenters. The van der Waals surface area contributed by atoms with Crippen LogP contribution in [0.15, 0.2) is 60.9 Å². The third-order valence-electron chi connectivity index (χ3n) is 5.78. The molecular weight excluding hydrogens is 391 g/mol. The van der Waals surface area contributed by atoms with Crippen LogP contribution in [0, 0.1) is 5.82 Å². The quantitative estimate of drug-likeness (QED) is 0.403. The SMILES string of the molecule is Fc1ccccc1-c1nccc2[nH]c(-c3n[nH]c4ncc(C5=CCNCC5)cc34)cc12. The molecule has 0 aliphatic carbocycles. The zero-order chi connectivity index (χ0) is 20.8. The number of nitrogens with zero attached hydrogens (tertiary/aromatic N) is 3. The van der Waals surface area contributed by atoms with Crippen LogP contribution < -0.4 is 5.32 Å². The Bertz CT molecular complexity index is 1460. The first-order valence-electron chi connectivity index (χ1n) is 10.3. The van der Waals surface area contributed by atoms with Crippen molar-refractivity contribution in [3.05, 3.63) is 72.3 Å². The fraction of sp³-hybridized carbons (Fsp3) is 0.125. The molecule has 1 aromatic carbocycles. The van der Waals surface area contributed by atoms with Crippen molar-refractivity contribution in [2.75, 3.05) is 13.1 Å². The van der Waals surface area contributed by atoms with Crippen molar-refractivity contribution in [3.8, 4) is 22.6 Å². The second-order valence-corrected chi connectivity index (χ2v) is 7.66. The first-order chi connectivity index (χ1) is 15.3. The van der Waals surface area contributed by atoms with Gasteiger partial charge in [0.15, 0.2) is 5.65 Å². The van der Waals surface area contributed by atoms with Crippen molar-refractivity contribution in [2.45, 2.75) is 6.42 Å². The van der Waals surface area contributed by atoms with E-state index in [1.54, 1.807) is 18.3 Å². The van der Waals surface area contributed by atoms with Crippen LogP contribution in [-0.4, -0.2) is 38.2 Å².